The maximum atomic E-state index is 12.9. The van der Waals surface area contributed by atoms with Crippen LogP contribution < -0.4 is 0 Å². The molecule has 0 amide bonds. The lowest BCUT2D eigenvalue weighted by Crippen LogP contribution is -2.16. The molecule has 3 heteroatoms. The predicted molar refractivity (Wildman–Crippen MR) is 65.6 cm³/mol. The Balaban J connectivity index is 2.15. The maximum absolute atomic E-state index is 12.9. The highest BCUT2D eigenvalue weighted by atomic mass is 79.9. The van der Waals surface area contributed by atoms with Gasteiger partial charge >= 0.3 is 0 Å². The fourth-order valence-corrected chi connectivity index (χ4v) is 3.03. The van der Waals surface area contributed by atoms with E-state index < -0.39 is 6.10 Å². The van der Waals surface area contributed by atoms with Crippen molar-refractivity contribution in [3.8, 4) is 0 Å². The van der Waals surface area contributed by atoms with E-state index in [-0.39, 0.29) is 5.82 Å². The van der Waals surface area contributed by atoms with Crippen molar-refractivity contribution in [3.63, 3.8) is 0 Å². The van der Waals surface area contributed by atoms with Gasteiger partial charge in [-0.2, -0.15) is 0 Å². The molecular formula is C13H16BrFO. The summed E-state index contributed by atoms with van der Waals surface area (Å²) in [6.07, 6.45) is 5.35. The minimum absolute atomic E-state index is 0.272. The van der Waals surface area contributed by atoms with Crippen molar-refractivity contribution in [2.45, 2.75) is 38.2 Å². The lowest BCUT2D eigenvalue weighted by molar-refractivity contribution is 0.0842. The van der Waals surface area contributed by atoms with Crippen LogP contribution in [0.2, 0.25) is 0 Å². The van der Waals surface area contributed by atoms with E-state index in [4.69, 9.17) is 0 Å². The summed E-state index contributed by atoms with van der Waals surface area (Å²) < 4.78 is 13.6. The molecule has 1 saturated carbocycles. The van der Waals surface area contributed by atoms with Gasteiger partial charge in [0, 0.05) is 4.47 Å². The van der Waals surface area contributed by atoms with Crippen molar-refractivity contribution >= 4 is 15.9 Å². The molecule has 1 aromatic rings. The molecule has 1 aliphatic carbocycles. The van der Waals surface area contributed by atoms with Gasteiger partial charge in [0.05, 0.1) is 6.10 Å². The van der Waals surface area contributed by atoms with Crippen LogP contribution >= 0.6 is 15.9 Å². The van der Waals surface area contributed by atoms with Gasteiger partial charge < -0.3 is 5.11 Å². The van der Waals surface area contributed by atoms with E-state index in [1.54, 1.807) is 6.07 Å². The van der Waals surface area contributed by atoms with Gasteiger partial charge in [-0.3, -0.25) is 0 Å². The van der Waals surface area contributed by atoms with Gasteiger partial charge in [-0.1, -0.05) is 41.3 Å². The van der Waals surface area contributed by atoms with Crippen molar-refractivity contribution in [3.05, 3.63) is 34.1 Å². The molecule has 88 valence electrons. The Labute approximate surface area is 104 Å². The summed E-state index contributed by atoms with van der Waals surface area (Å²) >= 11 is 3.31. The molecule has 0 bridgehead atoms. The minimum atomic E-state index is -0.463. The molecule has 2 rings (SSSR count). The van der Waals surface area contributed by atoms with Gasteiger partial charge in [0.1, 0.15) is 5.82 Å². The Morgan fingerprint density at radius 2 is 1.94 bits per heavy atom. The number of benzene rings is 1. The zero-order valence-electron chi connectivity index (χ0n) is 9.13. The van der Waals surface area contributed by atoms with E-state index >= 15 is 0 Å². The smallest absolute Gasteiger partial charge is 0.124 e. The van der Waals surface area contributed by atoms with E-state index in [2.05, 4.69) is 15.9 Å². The lowest BCUT2D eigenvalue weighted by Gasteiger charge is -2.27. The van der Waals surface area contributed by atoms with Crippen LogP contribution in [-0.2, 0) is 0 Å². The third-order valence-corrected chi connectivity index (χ3v) is 4.06. The summed E-state index contributed by atoms with van der Waals surface area (Å²) in [4.78, 5) is 0. The Morgan fingerprint density at radius 3 is 2.56 bits per heavy atom. The predicted octanol–water partition coefficient (Wildman–Crippen LogP) is 4.20. The van der Waals surface area contributed by atoms with Gasteiger partial charge in [-0.15, -0.1) is 0 Å². The van der Waals surface area contributed by atoms with E-state index in [1.165, 1.54) is 31.4 Å². The van der Waals surface area contributed by atoms with E-state index in [9.17, 15) is 9.50 Å². The first-order valence-corrected chi connectivity index (χ1v) is 6.61. The number of hydrogen-bond acceptors (Lipinski definition) is 1. The summed E-state index contributed by atoms with van der Waals surface area (Å²) in [7, 11) is 0. The second-order valence-corrected chi connectivity index (χ2v) is 5.36. The Hall–Kier alpha value is -0.410. The van der Waals surface area contributed by atoms with Gasteiger partial charge in [0.15, 0.2) is 0 Å². The van der Waals surface area contributed by atoms with Crippen molar-refractivity contribution in [2.75, 3.05) is 0 Å². The summed E-state index contributed by atoms with van der Waals surface area (Å²) in [5.41, 5.74) is 0.813. The Bertz CT molecular complexity index is 361. The zero-order valence-corrected chi connectivity index (χ0v) is 10.7. The molecule has 1 nitrogen and oxygen atoms in total. The largest absolute Gasteiger partial charge is 0.388 e. The molecule has 0 radical (unpaired) electrons. The van der Waals surface area contributed by atoms with Crippen molar-refractivity contribution < 1.29 is 9.50 Å². The van der Waals surface area contributed by atoms with Crippen LogP contribution in [0.25, 0.3) is 0 Å². The van der Waals surface area contributed by atoms with Crippen molar-refractivity contribution in [1.29, 1.82) is 0 Å². The topological polar surface area (TPSA) is 20.2 Å². The molecule has 0 aliphatic heterocycles. The number of aliphatic hydroxyl groups is 1. The van der Waals surface area contributed by atoms with Crippen LogP contribution in [0.5, 0.6) is 0 Å². The number of halogens is 2. The first kappa shape index (κ1) is 12.1. The molecule has 1 aromatic carbocycles. The van der Waals surface area contributed by atoms with Crippen molar-refractivity contribution in [2.24, 2.45) is 5.92 Å². The number of hydrogen-bond donors (Lipinski definition) is 1. The standard InChI is InChI=1S/C13H16BrFO/c14-12-8-10(15)6-7-11(12)13(16)9-4-2-1-3-5-9/h6-9,13,16H,1-5H2/t13-/m1/s1. The average molecular weight is 287 g/mol. The number of aliphatic hydroxyl groups excluding tert-OH is 1. The fourth-order valence-electron chi connectivity index (χ4n) is 2.45. The zero-order chi connectivity index (χ0) is 11.5. The van der Waals surface area contributed by atoms with Crippen LogP contribution in [0.15, 0.2) is 22.7 Å². The third kappa shape index (κ3) is 2.64. The molecular weight excluding hydrogens is 271 g/mol. The SMILES string of the molecule is O[C@@H](c1ccc(F)cc1Br)C1CCCCC1. The first-order chi connectivity index (χ1) is 7.68. The van der Waals surface area contributed by atoms with Crippen LogP contribution in [0, 0.1) is 11.7 Å². The van der Waals surface area contributed by atoms with E-state index in [1.807, 2.05) is 0 Å². The highest BCUT2D eigenvalue weighted by Crippen LogP contribution is 2.37. The van der Waals surface area contributed by atoms with E-state index in [0.29, 0.717) is 10.4 Å². The Morgan fingerprint density at radius 1 is 1.25 bits per heavy atom. The highest BCUT2D eigenvalue weighted by Gasteiger charge is 2.24. The number of rotatable bonds is 2. The molecule has 0 saturated heterocycles. The summed E-state index contributed by atoms with van der Waals surface area (Å²) in [6, 6.07) is 4.51. The van der Waals surface area contributed by atoms with Crippen LogP contribution in [0.3, 0.4) is 0 Å². The average Bonchev–Trinajstić information content (AvgIpc) is 2.29. The molecule has 0 unspecified atom stereocenters. The monoisotopic (exact) mass is 286 g/mol. The minimum Gasteiger partial charge on any atom is -0.388 e. The Kier molecular flexibility index (Phi) is 3.98. The fraction of sp³-hybridized carbons (Fsp3) is 0.538. The lowest BCUT2D eigenvalue weighted by atomic mass is 9.83. The highest BCUT2D eigenvalue weighted by molar-refractivity contribution is 9.10. The quantitative estimate of drug-likeness (QED) is 0.864. The molecule has 16 heavy (non-hydrogen) atoms. The molecule has 1 atom stereocenters. The summed E-state index contributed by atoms with van der Waals surface area (Å²) in [5.74, 6) is 0.0574. The molecule has 0 aromatic heterocycles. The molecule has 0 spiro atoms. The van der Waals surface area contributed by atoms with Crippen LogP contribution in [-0.4, -0.2) is 5.11 Å². The van der Waals surface area contributed by atoms with Gasteiger partial charge in [-0.25, -0.2) is 4.39 Å². The molecule has 1 N–H and O–H groups in total. The molecule has 0 heterocycles. The maximum Gasteiger partial charge on any atom is 0.124 e. The van der Waals surface area contributed by atoms with Crippen molar-refractivity contribution in [1.82, 2.24) is 0 Å². The van der Waals surface area contributed by atoms with Gasteiger partial charge in [0.2, 0.25) is 0 Å². The molecule has 1 aliphatic rings. The first-order valence-electron chi connectivity index (χ1n) is 5.81. The van der Waals surface area contributed by atoms with Gasteiger partial charge in [-0.05, 0) is 36.5 Å². The van der Waals surface area contributed by atoms with Crippen LogP contribution in [0.1, 0.15) is 43.8 Å². The summed E-state index contributed by atoms with van der Waals surface area (Å²) in [5, 5.41) is 10.3. The molecule has 1 fully saturated rings. The van der Waals surface area contributed by atoms with Crippen LogP contribution in [0.4, 0.5) is 4.39 Å². The third-order valence-electron chi connectivity index (χ3n) is 3.38. The second-order valence-electron chi connectivity index (χ2n) is 4.51. The normalized spacial score (nSPS) is 19.7. The summed E-state index contributed by atoms with van der Waals surface area (Å²) in [6.45, 7) is 0. The second kappa shape index (κ2) is 5.28. The van der Waals surface area contributed by atoms with Gasteiger partial charge in [0.25, 0.3) is 0 Å². The van der Waals surface area contributed by atoms with E-state index in [0.717, 1.165) is 18.4 Å².